The van der Waals surface area contributed by atoms with E-state index >= 15 is 0 Å². The fourth-order valence-electron chi connectivity index (χ4n) is 2.60. The van der Waals surface area contributed by atoms with Crippen molar-refractivity contribution in [3.63, 3.8) is 0 Å². The molecule has 3 aromatic rings. The summed E-state index contributed by atoms with van der Waals surface area (Å²) in [5.41, 5.74) is 2.30. The zero-order valence-corrected chi connectivity index (χ0v) is 16.2. The van der Waals surface area contributed by atoms with Gasteiger partial charge < -0.3 is 0 Å². The third-order valence-electron chi connectivity index (χ3n) is 4.02. The summed E-state index contributed by atoms with van der Waals surface area (Å²) in [7, 11) is 1.48. The first-order chi connectivity index (χ1) is 13.8. The summed E-state index contributed by atoms with van der Waals surface area (Å²) < 4.78 is 2.73. The maximum Gasteiger partial charge on any atom is 0.329 e. The first-order valence-corrected chi connectivity index (χ1v) is 8.71. The predicted molar refractivity (Wildman–Crippen MR) is 110 cm³/mol. The van der Waals surface area contributed by atoms with E-state index in [4.69, 9.17) is 11.6 Å². The van der Waals surface area contributed by atoms with E-state index in [1.54, 1.807) is 19.1 Å². The van der Waals surface area contributed by atoms with Gasteiger partial charge in [0.25, 0.3) is 11.2 Å². The van der Waals surface area contributed by atoms with Crippen molar-refractivity contribution >= 4 is 40.6 Å². The quantitative estimate of drug-likeness (QED) is 0.356. The molecule has 0 aliphatic carbocycles. The summed E-state index contributed by atoms with van der Waals surface area (Å²) in [5.74, 6) is 0.197. The Morgan fingerprint density at radius 3 is 2.90 bits per heavy atom. The van der Waals surface area contributed by atoms with E-state index in [9.17, 15) is 19.7 Å². The number of nitrogens with zero attached hydrogens (tertiary/aromatic N) is 5. The van der Waals surface area contributed by atoms with E-state index in [2.05, 4.69) is 20.5 Å². The van der Waals surface area contributed by atoms with Crippen molar-refractivity contribution in [2.24, 2.45) is 12.1 Å². The first kappa shape index (κ1) is 20.0. The van der Waals surface area contributed by atoms with Crippen LogP contribution in [-0.2, 0) is 13.6 Å². The second-order valence-electron chi connectivity index (χ2n) is 6.05. The van der Waals surface area contributed by atoms with Crippen LogP contribution >= 0.6 is 11.6 Å². The van der Waals surface area contributed by atoms with Crippen molar-refractivity contribution < 1.29 is 4.92 Å². The number of hydrazone groups is 1. The lowest BCUT2D eigenvalue weighted by atomic mass is 10.2. The van der Waals surface area contributed by atoms with Crippen molar-refractivity contribution in [1.82, 2.24) is 19.1 Å². The monoisotopic (exact) mass is 417 g/mol. The molecule has 2 aromatic heterocycles. The summed E-state index contributed by atoms with van der Waals surface area (Å²) in [6.07, 6.45) is 3.05. The smallest absolute Gasteiger partial charge is 0.299 e. The molecule has 150 valence electrons. The van der Waals surface area contributed by atoms with Crippen LogP contribution in [0.5, 0.6) is 0 Å². The van der Waals surface area contributed by atoms with Gasteiger partial charge in [0.1, 0.15) is 0 Å². The van der Waals surface area contributed by atoms with E-state index in [1.807, 2.05) is 0 Å². The minimum absolute atomic E-state index is 0.0644. The molecule has 0 saturated carbocycles. The number of imidazole rings is 1. The minimum Gasteiger partial charge on any atom is -0.299 e. The fourth-order valence-corrected chi connectivity index (χ4v) is 2.67. The highest BCUT2D eigenvalue weighted by atomic mass is 35.5. The Morgan fingerprint density at radius 2 is 2.21 bits per heavy atom. The number of aromatic nitrogens is 4. The summed E-state index contributed by atoms with van der Waals surface area (Å²) in [6, 6.07) is 5.92. The van der Waals surface area contributed by atoms with Crippen molar-refractivity contribution in [2.45, 2.75) is 13.5 Å². The van der Waals surface area contributed by atoms with Gasteiger partial charge in [0.05, 0.1) is 11.1 Å². The lowest BCUT2D eigenvalue weighted by molar-refractivity contribution is -0.384. The molecule has 0 saturated heterocycles. The van der Waals surface area contributed by atoms with Crippen molar-refractivity contribution in [3.8, 4) is 0 Å². The van der Waals surface area contributed by atoms with Crippen LogP contribution in [0, 0.1) is 10.1 Å². The molecule has 0 fully saturated rings. The molecule has 0 bridgehead atoms. The molecule has 0 aliphatic heterocycles. The maximum atomic E-state index is 12.3. The molecule has 0 atom stereocenters. The highest BCUT2D eigenvalue weighted by molar-refractivity contribution is 6.29. The summed E-state index contributed by atoms with van der Waals surface area (Å²) in [6.45, 7) is 1.90. The molecule has 2 heterocycles. The number of hydrogen-bond acceptors (Lipinski definition) is 7. The number of aromatic amines is 1. The Kier molecular flexibility index (Phi) is 5.59. The van der Waals surface area contributed by atoms with Crippen LogP contribution in [0.15, 0.2) is 50.1 Å². The molecular formula is C17H16ClN7O4. The van der Waals surface area contributed by atoms with Crippen LogP contribution in [0.2, 0.25) is 0 Å². The lowest BCUT2D eigenvalue weighted by Crippen LogP contribution is -2.29. The third-order valence-corrected chi connectivity index (χ3v) is 4.18. The van der Waals surface area contributed by atoms with Crippen LogP contribution in [0.3, 0.4) is 0 Å². The molecule has 0 aliphatic rings. The van der Waals surface area contributed by atoms with Gasteiger partial charge in [-0.3, -0.25) is 29.0 Å². The van der Waals surface area contributed by atoms with Gasteiger partial charge >= 0.3 is 5.69 Å². The van der Waals surface area contributed by atoms with Crippen LogP contribution in [0.1, 0.15) is 12.5 Å². The highest BCUT2D eigenvalue weighted by Gasteiger charge is 2.16. The number of benzene rings is 1. The second-order valence-corrected chi connectivity index (χ2v) is 6.65. The number of nitrogens with one attached hydrogen (secondary N) is 2. The normalized spacial score (nSPS) is 12.0. The minimum atomic E-state index is -0.595. The molecule has 0 amide bonds. The van der Waals surface area contributed by atoms with Gasteiger partial charge in [-0.2, -0.15) is 10.1 Å². The first-order valence-electron chi connectivity index (χ1n) is 8.33. The van der Waals surface area contributed by atoms with Crippen molar-refractivity contribution in [1.29, 1.82) is 0 Å². The molecule has 0 spiro atoms. The Balaban J connectivity index is 2.02. The van der Waals surface area contributed by atoms with Gasteiger partial charge in [-0.15, -0.1) is 0 Å². The summed E-state index contributed by atoms with van der Waals surface area (Å²) >= 11 is 5.90. The fraction of sp³-hybridized carbons (Fsp3) is 0.176. The molecule has 11 nitrogen and oxygen atoms in total. The third kappa shape index (κ3) is 4.24. The Labute approximate surface area is 168 Å². The highest BCUT2D eigenvalue weighted by Crippen LogP contribution is 2.17. The topological polar surface area (TPSA) is 140 Å². The average molecular weight is 418 g/mol. The number of H-pyrrole nitrogens is 1. The molecular weight excluding hydrogens is 402 g/mol. The summed E-state index contributed by atoms with van der Waals surface area (Å²) in [4.78, 5) is 41.0. The Hall–Kier alpha value is -3.73. The summed E-state index contributed by atoms with van der Waals surface area (Å²) in [5, 5.41) is 15.4. The molecule has 0 radical (unpaired) electrons. The number of nitro groups is 1. The molecule has 3 rings (SSSR count). The van der Waals surface area contributed by atoms with Crippen LogP contribution in [0.4, 0.5) is 11.6 Å². The number of anilines is 1. The van der Waals surface area contributed by atoms with Crippen molar-refractivity contribution in [2.75, 3.05) is 5.43 Å². The maximum absolute atomic E-state index is 12.3. The Bertz CT molecular complexity index is 1270. The standard InChI is InChI=1S/C17H16ClN7O4/c1-10(18)6-7-24-13-14(23(2)17(27)21-15(13)26)20-16(24)22-19-9-11-4-3-5-12(8-11)25(28)29/h3-6,8-9H,7H2,1-2H3,(H,20,22)(H,21,26,27)/b10-6-,19-9+. The lowest BCUT2D eigenvalue weighted by Gasteiger charge is -2.05. The van der Waals surface area contributed by atoms with E-state index in [0.29, 0.717) is 10.6 Å². The predicted octanol–water partition coefficient (Wildman–Crippen LogP) is 1.92. The molecule has 12 heteroatoms. The SMILES string of the molecule is C/C(Cl)=C/Cn1c(N/N=C/c2cccc([N+](=O)[O-])c2)nc2c1c(=O)[nH]c(=O)n2C. The van der Waals surface area contributed by atoms with Crippen LogP contribution in [0.25, 0.3) is 11.2 Å². The number of non-ortho nitro benzene ring substituents is 1. The Morgan fingerprint density at radius 1 is 1.45 bits per heavy atom. The van der Waals surface area contributed by atoms with E-state index < -0.39 is 16.2 Å². The number of rotatable bonds is 6. The average Bonchev–Trinajstić information content (AvgIpc) is 3.04. The van der Waals surface area contributed by atoms with Gasteiger partial charge in [0.15, 0.2) is 11.2 Å². The van der Waals surface area contributed by atoms with E-state index in [0.717, 1.165) is 0 Å². The zero-order valence-electron chi connectivity index (χ0n) is 15.4. The zero-order chi connectivity index (χ0) is 21.1. The number of fused-ring (bicyclic) bond motifs is 1. The number of halogens is 1. The van der Waals surface area contributed by atoms with Crippen LogP contribution < -0.4 is 16.7 Å². The van der Waals surface area contributed by atoms with Gasteiger partial charge in [-0.1, -0.05) is 29.8 Å². The largest absolute Gasteiger partial charge is 0.329 e. The van der Waals surface area contributed by atoms with Crippen molar-refractivity contribution in [3.05, 3.63) is 71.9 Å². The van der Waals surface area contributed by atoms with Gasteiger partial charge in [-0.25, -0.2) is 10.2 Å². The van der Waals surface area contributed by atoms with E-state index in [1.165, 1.54) is 40.6 Å². The van der Waals surface area contributed by atoms with Gasteiger partial charge in [0.2, 0.25) is 5.95 Å². The molecule has 29 heavy (non-hydrogen) atoms. The van der Waals surface area contributed by atoms with Crippen LogP contribution in [-0.4, -0.2) is 30.2 Å². The number of hydrogen-bond donors (Lipinski definition) is 2. The van der Waals surface area contributed by atoms with E-state index in [-0.39, 0.29) is 29.3 Å². The number of allylic oxidation sites excluding steroid dienone is 2. The second kappa shape index (κ2) is 8.10. The van der Waals surface area contributed by atoms with Gasteiger partial charge in [-0.05, 0) is 6.92 Å². The number of aryl methyl sites for hydroxylation is 1. The molecule has 1 aromatic carbocycles. The van der Waals surface area contributed by atoms with Gasteiger partial charge in [0, 0.05) is 36.3 Å². The molecule has 2 N–H and O–H groups in total. The molecule has 0 unspecified atom stereocenters. The number of nitro benzene ring substituents is 1.